The Kier molecular flexibility index (Phi) is 4.92. The van der Waals surface area contributed by atoms with Crippen molar-refractivity contribution in [2.75, 3.05) is 18.4 Å². The summed E-state index contributed by atoms with van der Waals surface area (Å²) in [6.45, 7) is 5.41. The van der Waals surface area contributed by atoms with Crippen molar-refractivity contribution in [3.05, 3.63) is 63.3 Å². The Morgan fingerprint density at radius 1 is 1.18 bits per heavy atom. The summed E-state index contributed by atoms with van der Waals surface area (Å²) in [5, 5.41) is 15.1. The van der Waals surface area contributed by atoms with Crippen LogP contribution in [-0.2, 0) is 0 Å². The van der Waals surface area contributed by atoms with E-state index in [-0.39, 0.29) is 11.5 Å². The van der Waals surface area contributed by atoms with Crippen molar-refractivity contribution in [1.29, 1.82) is 0 Å². The standard InChI is InChI=1S/C21H22N4O3/c1-12-10-18(14-6-8-22-9-7-14)28-21(27)19(12)20(26)23-16-4-3-5-17-15(16)11-13(2)24-25-17/h3-5,10-11,14,22H,6-9H2,1-2H3,(H,23,26). The maximum atomic E-state index is 12.9. The lowest BCUT2D eigenvalue weighted by molar-refractivity contribution is 0.102. The molecule has 1 saturated heterocycles. The Hall–Kier alpha value is -3.06. The number of amides is 1. The molecule has 1 fully saturated rings. The predicted octanol–water partition coefficient (Wildman–Crippen LogP) is 2.92. The van der Waals surface area contributed by atoms with Gasteiger partial charge in [0, 0.05) is 11.3 Å². The SMILES string of the molecule is Cc1cc2c(NC(=O)c3c(C)cc(C4CCNCC4)oc3=O)cccc2nn1. The van der Waals surface area contributed by atoms with Gasteiger partial charge in [-0.1, -0.05) is 6.07 Å². The summed E-state index contributed by atoms with van der Waals surface area (Å²) in [6, 6.07) is 9.07. The molecule has 1 aliphatic rings. The number of hydrogen-bond acceptors (Lipinski definition) is 6. The summed E-state index contributed by atoms with van der Waals surface area (Å²) in [6.07, 6.45) is 1.84. The monoisotopic (exact) mass is 378 g/mol. The molecule has 144 valence electrons. The highest BCUT2D eigenvalue weighted by molar-refractivity contribution is 6.09. The second-order valence-electron chi connectivity index (χ2n) is 7.20. The van der Waals surface area contributed by atoms with E-state index < -0.39 is 11.5 Å². The molecule has 0 bridgehead atoms. The van der Waals surface area contributed by atoms with E-state index in [9.17, 15) is 9.59 Å². The molecule has 1 aliphatic heterocycles. The minimum atomic E-state index is -0.595. The summed E-state index contributed by atoms with van der Waals surface area (Å²) < 4.78 is 5.53. The number of nitrogens with one attached hydrogen (secondary N) is 2. The van der Waals surface area contributed by atoms with Crippen molar-refractivity contribution in [3.8, 4) is 0 Å². The number of piperidine rings is 1. The Morgan fingerprint density at radius 2 is 1.96 bits per heavy atom. The first-order valence-corrected chi connectivity index (χ1v) is 9.42. The second-order valence-corrected chi connectivity index (χ2v) is 7.20. The number of rotatable bonds is 3. The average molecular weight is 378 g/mol. The molecule has 7 heteroatoms. The summed E-state index contributed by atoms with van der Waals surface area (Å²) >= 11 is 0. The molecule has 0 aliphatic carbocycles. The lowest BCUT2D eigenvalue weighted by Crippen LogP contribution is -2.28. The van der Waals surface area contributed by atoms with E-state index in [1.807, 2.05) is 25.1 Å². The summed E-state index contributed by atoms with van der Waals surface area (Å²) in [4.78, 5) is 25.4. The topological polar surface area (TPSA) is 97.1 Å². The molecule has 28 heavy (non-hydrogen) atoms. The predicted molar refractivity (Wildman–Crippen MR) is 107 cm³/mol. The minimum Gasteiger partial charge on any atom is -0.427 e. The molecule has 0 unspecified atom stereocenters. The van der Waals surface area contributed by atoms with Gasteiger partial charge in [0.1, 0.15) is 11.3 Å². The zero-order valence-corrected chi connectivity index (χ0v) is 15.9. The largest absolute Gasteiger partial charge is 0.427 e. The minimum absolute atomic E-state index is 0.0356. The number of benzene rings is 1. The van der Waals surface area contributed by atoms with Crippen LogP contribution in [0, 0.1) is 13.8 Å². The maximum Gasteiger partial charge on any atom is 0.349 e. The van der Waals surface area contributed by atoms with Crippen LogP contribution in [0.3, 0.4) is 0 Å². The van der Waals surface area contributed by atoms with Gasteiger partial charge in [0.25, 0.3) is 5.91 Å². The number of anilines is 1. The highest BCUT2D eigenvalue weighted by Crippen LogP contribution is 2.26. The van der Waals surface area contributed by atoms with Gasteiger partial charge in [0.15, 0.2) is 0 Å². The number of fused-ring (bicyclic) bond motifs is 1. The number of carbonyl (C=O) groups is 1. The van der Waals surface area contributed by atoms with Gasteiger partial charge in [-0.3, -0.25) is 4.79 Å². The molecule has 7 nitrogen and oxygen atoms in total. The normalized spacial score (nSPS) is 14.9. The average Bonchev–Trinajstić information content (AvgIpc) is 2.68. The van der Waals surface area contributed by atoms with Crippen LogP contribution in [0.25, 0.3) is 10.9 Å². The van der Waals surface area contributed by atoms with Gasteiger partial charge in [-0.25, -0.2) is 4.79 Å². The van der Waals surface area contributed by atoms with Gasteiger partial charge < -0.3 is 15.1 Å². The summed E-state index contributed by atoms with van der Waals surface area (Å²) in [7, 11) is 0. The molecule has 4 rings (SSSR count). The maximum absolute atomic E-state index is 12.9. The molecule has 0 radical (unpaired) electrons. The Balaban J connectivity index is 1.65. The summed E-state index contributed by atoms with van der Waals surface area (Å²) in [5.41, 5.74) is 2.07. The smallest absolute Gasteiger partial charge is 0.349 e. The van der Waals surface area contributed by atoms with Crippen LogP contribution in [0.1, 0.15) is 46.1 Å². The van der Waals surface area contributed by atoms with E-state index in [0.29, 0.717) is 22.5 Å². The van der Waals surface area contributed by atoms with E-state index in [2.05, 4.69) is 20.8 Å². The fraction of sp³-hybridized carbons (Fsp3) is 0.333. The molecule has 1 aromatic carbocycles. The summed E-state index contributed by atoms with van der Waals surface area (Å²) in [5.74, 6) is 0.395. The third kappa shape index (κ3) is 3.53. The molecule has 2 aromatic heterocycles. The third-order valence-corrected chi connectivity index (χ3v) is 5.14. The molecule has 3 aromatic rings. The van der Waals surface area contributed by atoms with E-state index in [0.717, 1.165) is 37.0 Å². The van der Waals surface area contributed by atoms with E-state index in [4.69, 9.17) is 4.42 Å². The molecular formula is C21H22N4O3. The zero-order chi connectivity index (χ0) is 19.7. The first-order chi connectivity index (χ1) is 13.5. The van der Waals surface area contributed by atoms with Gasteiger partial charge in [0.05, 0.1) is 16.9 Å². The number of nitrogens with zero attached hydrogens (tertiary/aromatic N) is 2. The molecule has 0 spiro atoms. The van der Waals surface area contributed by atoms with Crippen LogP contribution in [-0.4, -0.2) is 29.2 Å². The van der Waals surface area contributed by atoms with Gasteiger partial charge >= 0.3 is 5.63 Å². The van der Waals surface area contributed by atoms with Crippen LogP contribution in [0.4, 0.5) is 5.69 Å². The van der Waals surface area contributed by atoms with Gasteiger partial charge in [-0.2, -0.15) is 10.2 Å². The van der Waals surface area contributed by atoms with Gasteiger partial charge in [0.2, 0.25) is 0 Å². The highest BCUT2D eigenvalue weighted by Gasteiger charge is 2.23. The van der Waals surface area contributed by atoms with Crippen molar-refractivity contribution in [2.24, 2.45) is 0 Å². The molecule has 3 heterocycles. The molecular weight excluding hydrogens is 356 g/mol. The van der Waals surface area contributed by atoms with Crippen molar-refractivity contribution >= 4 is 22.5 Å². The van der Waals surface area contributed by atoms with E-state index in [1.165, 1.54) is 0 Å². The third-order valence-electron chi connectivity index (χ3n) is 5.14. The van der Waals surface area contributed by atoms with Crippen LogP contribution in [0.15, 0.2) is 39.5 Å². The first-order valence-electron chi connectivity index (χ1n) is 9.42. The Morgan fingerprint density at radius 3 is 2.71 bits per heavy atom. The highest BCUT2D eigenvalue weighted by atomic mass is 16.4. The number of aromatic nitrogens is 2. The quantitative estimate of drug-likeness (QED) is 0.727. The number of aryl methyl sites for hydroxylation is 2. The lowest BCUT2D eigenvalue weighted by Gasteiger charge is -2.22. The molecule has 2 N–H and O–H groups in total. The first kappa shape index (κ1) is 18.3. The van der Waals surface area contributed by atoms with Gasteiger partial charge in [-0.05, 0) is 69.6 Å². The van der Waals surface area contributed by atoms with Crippen LogP contribution in [0.2, 0.25) is 0 Å². The molecule has 1 amide bonds. The second kappa shape index (κ2) is 7.52. The van der Waals surface area contributed by atoms with Crippen molar-refractivity contribution in [1.82, 2.24) is 15.5 Å². The number of carbonyl (C=O) groups excluding carboxylic acids is 1. The van der Waals surface area contributed by atoms with Gasteiger partial charge in [-0.15, -0.1) is 0 Å². The number of hydrogen-bond donors (Lipinski definition) is 2. The Bertz CT molecular complexity index is 1100. The van der Waals surface area contributed by atoms with E-state index in [1.54, 1.807) is 19.1 Å². The van der Waals surface area contributed by atoms with Crippen molar-refractivity contribution in [2.45, 2.75) is 32.6 Å². The van der Waals surface area contributed by atoms with Crippen LogP contribution < -0.4 is 16.3 Å². The van der Waals surface area contributed by atoms with Crippen molar-refractivity contribution in [3.63, 3.8) is 0 Å². The fourth-order valence-corrected chi connectivity index (χ4v) is 3.67. The molecule has 0 atom stereocenters. The van der Waals surface area contributed by atoms with Crippen molar-refractivity contribution < 1.29 is 9.21 Å². The Labute approximate surface area is 162 Å². The zero-order valence-electron chi connectivity index (χ0n) is 15.9. The van der Waals surface area contributed by atoms with E-state index >= 15 is 0 Å². The van der Waals surface area contributed by atoms with Crippen LogP contribution in [0.5, 0.6) is 0 Å². The van der Waals surface area contributed by atoms with Crippen LogP contribution >= 0.6 is 0 Å². The fourth-order valence-electron chi connectivity index (χ4n) is 3.67. The molecule has 0 saturated carbocycles. The lowest BCUT2D eigenvalue weighted by atomic mass is 9.94.